The van der Waals surface area contributed by atoms with Crippen molar-refractivity contribution in [2.45, 2.75) is 26.3 Å². The predicted octanol–water partition coefficient (Wildman–Crippen LogP) is 2.96. The molecule has 1 unspecified atom stereocenters. The topological polar surface area (TPSA) is 122 Å². The van der Waals surface area contributed by atoms with Crippen molar-refractivity contribution in [2.24, 2.45) is 0 Å². The first kappa shape index (κ1) is 19.9. The number of nitrogens with one attached hydrogen (secondary N) is 2. The van der Waals surface area contributed by atoms with Gasteiger partial charge in [0.15, 0.2) is 6.04 Å². The van der Waals surface area contributed by atoms with E-state index in [1.807, 2.05) is 19.9 Å². The summed E-state index contributed by atoms with van der Waals surface area (Å²) in [6.45, 7) is 3.81. The second-order valence-corrected chi connectivity index (χ2v) is 6.08. The number of anilines is 1. The average molecular weight is 371 g/mol. The Kier molecular flexibility index (Phi) is 6.48. The SMILES string of the molecule is Cc1cccc(C(NC(=O)CCNc2ccccc2[N+](=O)[O-])C(=O)O)c1C. The molecule has 142 valence electrons. The van der Waals surface area contributed by atoms with E-state index < -0.39 is 22.8 Å². The van der Waals surface area contributed by atoms with E-state index in [1.54, 1.807) is 30.3 Å². The maximum Gasteiger partial charge on any atom is 0.330 e. The van der Waals surface area contributed by atoms with Gasteiger partial charge in [-0.2, -0.15) is 0 Å². The maximum absolute atomic E-state index is 12.2. The molecule has 27 heavy (non-hydrogen) atoms. The predicted molar refractivity (Wildman–Crippen MR) is 101 cm³/mol. The van der Waals surface area contributed by atoms with Gasteiger partial charge in [-0.25, -0.2) is 4.79 Å². The summed E-state index contributed by atoms with van der Waals surface area (Å²) >= 11 is 0. The molecule has 0 aliphatic carbocycles. The van der Waals surface area contributed by atoms with Gasteiger partial charge in [0.2, 0.25) is 5.91 Å². The number of aliphatic carboxylic acids is 1. The number of carboxylic acids is 1. The standard InChI is InChI=1S/C19H21N3O5/c1-12-6-5-7-14(13(12)2)18(19(24)25)21-17(23)10-11-20-15-8-3-4-9-16(15)22(26)27/h3-9,18,20H,10-11H2,1-2H3,(H,21,23)(H,24,25). The van der Waals surface area contributed by atoms with E-state index in [2.05, 4.69) is 10.6 Å². The summed E-state index contributed by atoms with van der Waals surface area (Å²) in [5.74, 6) is -1.61. The zero-order valence-electron chi connectivity index (χ0n) is 15.1. The quantitative estimate of drug-likeness (QED) is 0.484. The lowest BCUT2D eigenvalue weighted by Crippen LogP contribution is -2.35. The molecule has 8 nitrogen and oxygen atoms in total. The van der Waals surface area contributed by atoms with Crippen LogP contribution in [0.15, 0.2) is 42.5 Å². The number of carboxylic acid groups (broad SMARTS) is 1. The highest BCUT2D eigenvalue weighted by Crippen LogP contribution is 2.23. The molecule has 0 bridgehead atoms. The van der Waals surface area contributed by atoms with Gasteiger partial charge in [-0.1, -0.05) is 30.3 Å². The smallest absolute Gasteiger partial charge is 0.330 e. The molecule has 2 aromatic carbocycles. The molecule has 0 radical (unpaired) electrons. The lowest BCUT2D eigenvalue weighted by Gasteiger charge is -2.18. The number of carbonyl (C=O) groups excluding carboxylic acids is 1. The molecule has 2 aromatic rings. The van der Waals surface area contributed by atoms with Gasteiger partial charge < -0.3 is 15.7 Å². The molecular formula is C19H21N3O5. The minimum atomic E-state index is -1.15. The van der Waals surface area contributed by atoms with Crippen molar-refractivity contribution >= 4 is 23.3 Å². The van der Waals surface area contributed by atoms with Crippen LogP contribution >= 0.6 is 0 Å². The van der Waals surface area contributed by atoms with Crippen LogP contribution in [0.3, 0.4) is 0 Å². The lowest BCUT2D eigenvalue weighted by molar-refractivity contribution is -0.384. The molecule has 1 atom stereocenters. The number of hydrogen-bond acceptors (Lipinski definition) is 5. The highest BCUT2D eigenvalue weighted by molar-refractivity contribution is 5.85. The van der Waals surface area contributed by atoms with Gasteiger partial charge >= 0.3 is 5.97 Å². The summed E-state index contributed by atoms with van der Waals surface area (Å²) < 4.78 is 0. The fourth-order valence-corrected chi connectivity index (χ4v) is 2.69. The highest BCUT2D eigenvalue weighted by Gasteiger charge is 2.24. The van der Waals surface area contributed by atoms with Crippen LogP contribution in [0.25, 0.3) is 0 Å². The van der Waals surface area contributed by atoms with Crippen LogP contribution in [-0.2, 0) is 9.59 Å². The van der Waals surface area contributed by atoms with E-state index in [1.165, 1.54) is 6.07 Å². The normalized spacial score (nSPS) is 11.5. The van der Waals surface area contributed by atoms with Gasteiger partial charge in [-0.05, 0) is 36.6 Å². The summed E-state index contributed by atoms with van der Waals surface area (Å²) in [5, 5.41) is 25.8. The number of aryl methyl sites for hydroxylation is 1. The van der Waals surface area contributed by atoms with Crippen LogP contribution in [0.4, 0.5) is 11.4 Å². The number of rotatable bonds is 8. The number of benzene rings is 2. The minimum absolute atomic E-state index is 0.0271. The molecule has 0 aliphatic heterocycles. The Bertz CT molecular complexity index is 866. The first-order chi connectivity index (χ1) is 12.8. The van der Waals surface area contributed by atoms with Crippen molar-refractivity contribution in [3.8, 4) is 0 Å². The van der Waals surface area contributed by atoms with E-state index in [-0.39, 0.29) is 18.7 Å². The second-order valence-electron chi connectivity index (χ2n) is 6.08. The molecular weight excluding hydrogens is 350 g/mol. The zero-order chi connectivity index (χ0) is 20.0. The van der Waals surface area contributed by atoms with Crippen molar-refractivity contribution in [2.75, 3.05) is 11.9 Å². The van der Waals surface area contributed by atoms with Gasteiger partial charge in [0.05, 0.1) is 4.92 Å². The first-order valence-corrected chi connectivity index (χ1v) is 8.37. The van der Waals surface area contributed by atoms with Gasteiger partial charge in [-0.15, -0.1) is 0 Å². The summed E-state index contributed by atoms with van der Waals surface area (Å²) in [6.07, 6.45) is -0.0271. The Labute approximate surface area is 156 Å². The summed E-state index contributed by atoms with van der Waals surface area (Å²) in [5.41, 5.74) is 2.49. The number of nitrogens with zero attached hydrogens (tertiary/aromatic N) is 1. The Balaban J connectivity index is 2.00. The number of hydrogen-bond donors (Lipinski definition) is 3. The van der Waals surface area contributed by atoms with Crippen LogP contribution in [0.1, 0.15) is 29.2 Å². The van der Waals surface area contributed by atoms with Gasteiger partial charge in [0.1, 0.15) is 5.69 Å². The first-order valence-electron chi connectivity index (χ1n) is 8.37. The molecule has 8 heteroatoms. The number of amides is 1. The average Bonchev–Trinajstić information content (AvgIpc) is 2.62. The Morgan fingerprint density at radius 1 is 1.15 bits per heavy atom. The van der Waals surface area contributed by atoms with Crippen LogP contribution in [0, 0.1) is 24.0 Å². The van der Waals surface area contributed by atoms with E-state index in [0.717, 1.165) is 11.1 Å². The monoisotopic (exact) mass is 371 g/mol. The number of carbonyl (C=O) groups is 2. The minimum Gasteiger partial charge on any atom is -0.479 e. The van der Waals surface area contributed by atoms with Crippen molar-refractivity contribution in [3.05, 3.63) is 69.3 Å². The van der Waals surface area contributed by atoms with Gasteiger partial charge in [-0.3, -0.25) is 14.9 Å². The molecule has 0 heterocycles. The Morgan fingerprint density at radius 2 is 1.85 bits per heavy atom. The third-order valence-electron chi connectivity index (χ3n) is 4.28. The van der Waals surface area contributed by atoms with Crippen molar-refractivity contribution in [3.63, 3.8) is 0 Å². The summed E-state index contributed by atoms with van der Waals surface area (Å²) in [6, 6.07) is 10.3. The summed E-state index contributed by atoms with van der Waals surface area (Å²) in [4.78, 5) is 34.3. The van der Waals surface area contributed by atoms with Crippen LogP contribution in [-0.4, -0.2) is 28.5 Å². The molecule has 0 fully saturated rings. The number of nitro benzene ring substituents is 1. The number of nitro groups is 1. The number of para-hydroxylation sites is 2. The van der Waals surface area contributed by atoms with Crippen LogP contribution in [0.5, 0.6) is 0 Å². The zero-order valence-corrected chi connectivity index (χ0v) is 15.1. The van der Waals surface area contributed by atoms with Crippen molar-refractivity contribution in [1.29, 1.82) is 0 Å². The molecule has 1 amide bonds. The van der Waals surface area contributed by atoms with Gasteiger partial charge in [0, 0.05) is 19.0 Å². The third-order valence-corrected chi connectivity index (χ3v) is 4.28. The maximum atomic E-state index is 12.2. The Morgan fingerprint density at radius 3 is 2.52 bits per heavy atom. The summed E-state index contributed by atoms with van der Waals surface area (Å²) in [7, 11) is 0. The van der Waals surface area contributed by atoms with Gasteiger partial charge in [0.25, 0.3) is 5.69 Å². The molecule has 2 rings (SSSR count). The van der Waals surface area contributed by atoms with Crippen molar-refractivity contribution < 1.29 is 19.6 Å². The van der Waals surface area contributed by atoms with E-state index in [9.17, 15) is 24.8 Å². The largest absolute Gasteiger partial charge is 0.479 e. The third kappa shape index (κ3) is 5.04. The molecule has 0 aliphatic rings. The molecule has 3 N–H and O–H groups in total. The van der Waals surface area contributed by atoms with E-state index in [4.69, 9.17) is 0 Å². The van der Waals surface area contributed by atoms with E-state index in [0.29, 0.717) is 11.3 Å². The second kappa shape index (κ2) is 8.79. The fourth-order valence-electron chi connectivity index (χ4n) is 2.69. The Hall–Kier alpha value is -3.42. The van der Waals surface area contributed by atoms with Crippen LogP contribution in [0.2, 0.25) is 0 Å². The molecule has 0 spiro atoms. The molecule has 0 saturated carbocycles. The lowest BCUT2D eigenvalue weighted by atomic mass is 9.97. The van der Waals surface area contributed by atoms with Crippen LogP contribution < -0.4 is 10.6 Å². The molecule has 0 aromatic heterocycles. The van der Waals surface area contributed by atoms with E-state index >= 15 is 0 Å². The fraction of sp³-hybridized carbons (Fsp3) is 0.263. The molecule has 0 saturated heterocycles. The highest BCUT2D eigenvalue weighted by atomic mass is 16.6. The van der Waals surface area contributed by atoms with Crippen molar-refractivity contribution in [1.82, 2.24) is 5.32 Å².